The maximum Gasteiger partial charge on any atom is 0.266 e. The summed E-state index contributed by atoms with van der Waals surface area (Å²) >= 11 is 0. The van der Waals surface area contributed by atoms with Gasteiger partial charge in [-0.25, -0.2) is 0 Å². The summed E-state index contributed by atoms with van der Waals surface area (Å²) in [7, 11) is -4.08. The molecule has 4 rings (SSSR count). The first kappa shape index (κ1) is 28.3. The molecule has 4 aliphatic rings. The number of fused-ring (bicyclic) bond motifs is 5. The fraction of sp³-hybridized carbons (Fsp3) is 0.964. The highest BCUT2D eigenvalue weighted by Gasteiger charge is 2.64. The predicted molar refractivity (Wildman–Crippen MR) is 140 cm³/mol. The van der Waals surface area contributed by atoms with Gasteiger partial charge in [-0.1, -0.05) is 34.6 Å². The van der Waals surface area contributed by atoms with Crippen LogP contribution in [-0.4, -0.2) is 53.6 Å². The van der Waals surface area contributed by atoms with Crippen molar-refractivity contribution in [2.75, 3.05) is 12.3 Å². The Kier molecular flexibility index (Phi) is 7.96. The van der Waals surface area contributed by atoms with Crippen molar-refractivity contribution in [2.45, 2.75) is 98.2 Å². The van der Waals surface area contributed by atoms with Crippen LogP contribution >= 0.6 is 0 Å². The maximum absolute atomic E-state index is 12.6. The number of aliphatic hydroxyl groups is 2. The number of nitrogens with one attached hydrogen (secondary N) is 1. The number of rotatable bonds is 7. The third-order valence-electron chi connectivity index (χ3n) is 11.7. The zero-order valence-corrected chi connectivity index (χ0v) is 23.6. The standard InChI is InChI=1S/C28H49NO6S/c1-16(14-17(2)26(32)29-12-13-36(33,34)35)20-6-7-21-24-22(9-11-27(20,21)4)28(5)10-8-19(30)15-23(28)18(3)25(24)31/h16-25,30-31H,6-15H2,1-5H3,(H,29,32)(H,33,34,35)/t16-,17-,18-,19-,20-,21?,22?,23?,24?,25+,27-,28-/m1/s1. The normalized spacial score (nSPS) is 46.2. The van der Waals surface area contributed by atoms with Gasteiger partial charge in [0.15, 0.2) is 0 Å². The molecule has 8 heteroatoms. The van der Waals surface area contributed by atoms with Gasteiger partial charge in [-0.05, 0) is 104 Å². The van der Waals surface area contributed by atoms with Crippen LogP contribution in [0.3, 0.4) is 0 Å². The number of hydrogen-bond acceptors (Lipinski definition) is 5. The van der Waals surface area contributed by atoms with E-state index in [9.17, 15) is 23.4 Å². The summed E-state index contributed by atoms with van der Waals surface area (Å²) in [5.41, 5.74) is 0.349. The number of carbonyl (C=O) groups is 1. The molecule has 208 valence electrons. The van der Waals surface area contributed by atoms with Crippen LogP contribution in [0.1, 0.15) is 86.0 Å². The lowest BCUT2D eigenvalue weighted by Crippen LogP contribution is -2.61. The average Bonchev–Trinajstić information content (AvgIpc) is 3.14. The molecule has 7 nitrogen and oxygen atoms in total. The van der Waals surface area contributed by atoms with E-state index in [2.05, 4.69) is 33.0 Å². The van der Waals surface area contributed by atoms with Gasteiger partial charge in [-0.3, -0.25) is 9.35 Å². The minimum absolute atomic E-state index is 0.0739. The first-order valence-corrected chi connectivity index (χ1v) is 15.9. The molecule has 4 aliphatic carbocycles. The van der Waals surface area contributed by atoms with Crippen LogP contribution in [0.4, 0.5) is 0 Å². The third kappa shape index (κ3) is 5.01. The van der Waals surface area contributed by atoms with Crippen molar-refractivity contribution in [1.82, 2.24) is 5.32 Å². The van der Waals surface area contributed by atoms with E-state index in [0.29, 0.717) is 35.5 Å². The topological polar surface area (TPSA) is 124 Å². The first-order chi connectivity index (χ1) is 16.7. The SMILES string of the molecule is C[C@H](C[C@@H](C)[C@H]1CCC2C3C(CC[C@@]21C)[C@@]1(C)CC[C@@H](O)CC1[C@@H](C)[C@@H]3O)C(=O)NCCS(=O)(=O)O. The summed E-state index contributed by atoms with van der Waals surface area (Å²) in [5, 5.41) is 24.7. The second-order valence-electron chi connectivity index (χ2n) is 13.6. The van der Waals surface area contributed by atoms with Gasteiger partial charge in [-0.2, -0.15) is 8.42 Å². The largest absolute Gasteiger partial charge is 0.393 e. The van der Waals surface area contributed by atoms with E-state index in [0.717, 1.165) is 51.4 Å². The fourth-order valence-corrected chi connectivity index (χ4v) is 10.3. The summed E-state index contributed by atoms with van der Waals surface area (Å²) in [6.45, 7) is 11.2. The minimum Gasteiger partial charge on any atom is -0.393 e. The molecule has 36 heavy (non-hydrogen) atoms. The molecule has 0 radical (unpaired) electrons. The van der Waals surface area contributed by atoms with E-state index in [1.165, 1.54) is 0 Å². The lowest BCUT2D eigenvalue weighted by Gasteiger charge is -2.64. The Morgan fingerprint density at radius 3 is 2.31 bits per heavy atom. The average molecular weight is 528 g/mol. The van der Waals surface area contributed by atoms with Crippen molar-refractivity contribution < 1.29 is 28.0 Å². The molecule has 4 saturated carbocycles. The summed E-state index contributed by atoms with van der Waals surface area (Å²) in [6, 6.07) is 0. The van der Waals surface area contributed by atoms with Crippen LogP contribution in [0.25, 0.3) is 0 Å². The molecule has 4 N–H and O–H groups in total. The van der Waals surface area contributed by atoms with Crippen molar-refractivity contribution in [3.8, 4) is 0 Å². The maximum atomic E-state index is 12.6. The molecule has 0 spiro atoms. The quantitative estimate of drug-likeness (QED) is 0.373. The van der Waals surface area contributed by atoms with E-state index < -0.39 is 15.9 Å². The van der Waals surface area contributed by atoms with E-state index >= 15 is 0 Å². The Morgan fingerprint density at radius 2 is 1.64 bits per heavy atom. The van der Waals surface area contributed by atoms with Crippen molar-refractivity contribution in [3.05, 3.63) is 0 Å². The van der Waals surface area contributed by atoms with Crippen LogP contribution < -0.4 is 5.32 Å². The van der Waals surface area contributed by atoms with Gasteiger partial charge >= 0.3 is 0 Å². The van der Waals surface area contributed by atoms with Gasteiger partial charge in [0, 0.05) is 12.5 Å². The molecule has 0 aromatic rings. The molecule has 0 aromatic heterocycles. The Balaban J connectivity index is 1.45. The number of amides is 1. The summed E-state index contributed by atoms with van der Waals surface area (Å²) < 4.78 is 30.8. The lowest BCUT2D eigenvalue weighted by molar-refractivity contribution is -0.199. The van der Waals surface area contributed by atoms with Crippen molar-refractivity contribution in [1.29, 1.82) is 0 Å². The molecule has 0 bridgehead atoms. The van der Waals surface area contributed by atoms with Gasteiger partial charge in [0.25, 0.3) is 10.1 Å². The van der Waals surface area contributed by atoms with Crippen LogP contribution in [0.2, 0.25) is 0 Å². The van der Waals surface area contributed by atoms with Gasteiger partial charge in [-0.15, -0.1) is 0 Å². The molecule has 12 atom stereocenters. The molecule has 0 aliphatic heterocycles. The van der Waals surface area contributed by atoms with E-state index in [1.807, 2.05) is 6.92 Å². The van der Waals surface area contributed by atoms with Crippen molar-refractivity contribution in [3.63, 3.8) is 0 Å². The highest BCUT2D eigenvalue weighted by molar-refractivity contribution is 7.85. The molecule has 1 amide bonds. The highest BCUT2D eigenvalue weighted by atomic mass is 32.2. The number of hydrogen-bond donors (Lipinski definition) is 4. The Hall–Kier alpha value is -0.700. The molecule has 0 aromatic carbocycles. The monoisotopic (exact) mass is 527 g/mol. The van der Waals surface area contributed by atoms with E-state index in [1.54, 1.807) is 0 Å². The Morgan fingerprint density at radius 1 is 1.00 bits per heavy atom. The van der Waals surface area contributed by atoms with Gasteiger partial charge in [0.05, 0.1) is 18.0 Å². The van der Waals surface area contributed by atoms with Crippen LogP contribution in [0.15, 0.2) is 0 Å². The summed E-state index contributed by atoms with van der Waals surface area (Å²) in [6.07, 6.45) is 7.52. The van der Waals surface area contributed by atoms with Gasteiger partial charge in [0.2, 0.25) is 5.91 Å². The highest BCUT2D eigenvalue weighted by Crippen LogP contribution is 2.69. The molecule has 0 heterocycles. The Bertz CT molecular complexity index is 925. The molecule has 4 unspecified atom stereocenters. The van der Waals surface area contributed by atoms with Crippen molar-refractivity contribution >= 4 is 16.0 Å². The first-order valence-electron chi connectivity index (χ1n) is 14.3. The molecule has 0 saturated heterocycles. The minimum atomic E-state index is -4.08. The zero-order valence-electron chi connectivity index (χ0n) is 22.8. The number of carbonyl (C=O) groups excluding carboxylic acids is 1. The van der Waals surface area contributed by atoms with E-state index in [-0.39, 0.29) is 47.3 Å². The Labute approximate surface area is 217 Å². The molecule has 4 fully saturated rings. The van der Waals surface area contributed by atoms with Crippen LogP contribution in [0.5, 0.6) is 0 Å². The van der Waals surface area contributed by atoms with Crippen LogP contribution in [0, 0.1) is 58.2 Å². The second-order valence-corrected chi connectivity index (χ2v) is 15.2. The smallest absolute Gasteiger partial charge is 0.266 e. The zero-order chi connectivity index (χ0) is 26.6. The number of aliphatic hydroxyl groups excluding tert-OH is 2. The van der Waals surface area contributed by atoms with Crippen molar-refractivity contribution in [2.24, 2.45) is 58.2 Å². The van der Waals surface area contributed by atoms with Crippen LogP contribution in [-0.2, 0) is 14.9 Å². The lowest BCUT2D eigenvalue weighted by atomic mass is 9.42. The van der Waals surface area contributed by atoms with Gasteiger partial charge in [0.1, 0.15) is 0 Å². The van der Waals surface area contributed by atoms with Gasteiger partial charge < -0.3 is 15.5 Å². The fourth-order valence-electron chi connectivity index (χ4n) is 9.93. The second kappa shape index (κ2) is 10.1. The summed E-state index contributed by atoms with van der Waals surface area (Å²) in [5.74, 6) is 1.90. The molecular formula is C28H49NO6S. The summed E-state index contributed by atoms with van der Waals surface area (Å²) in [4.78, 5) is 12.6. The molecular weight excluding hydrogens is 478 g/mol. The predicted octanol–water partition coefficient (Wildman–Crippen LogP) is 3.89. The van der Waals surface area contributed by atoms with E-state index in [4.69, 9.17) is 4.55 Å². The third-order valence-corrected chi connectivity index (χ3v) is 12.4.